The number of thiol groups is 2. The van der Waals surface area contributed by atoms with Gasteiger partial charge in [-0.2, -0.15) is 95.8 Å². The van der Waals surface area contributed by atoms with Crippen LogP contribution in [0.1, 0.15) is 378 Å². The fraction of sp³-hybridized carbons (Fsp3) is 0.874. The third-order valence-corrected chi connectivity index (χ3v) is 28.7. The van der Waals surface area contributed by atoms with Gasteiger partial charge in [0.1, 0.15) is 0 Å². The van der Waals surface area contributed by atoms with E-state index < -0.39 is 0 Å². The Labute approximate surface area is 841 Å². The molecule has 0 spiro atoms. The fourth-order valence-electron chi connectivity index (χ4n) is 13.8. The monoisotopic (exact) mass is 2020 g/mol. The highest BCUT2D eigenvalue weighted by Crippen LogP contribution is 2.27. The Morgan fingerprint density at radius 1 is 0.265 bits per heavy atom. The standard InChI is InChI=1S/C72H134O14S6.C24H40O7.C6H14S2.CH4/c1-59(2)85-71(79)65(35-27-47-81-67(75)41-15-17-45-83-69(77)63(33-25-43-73)37-29-53-87-51-21-11-13-23-57-91-61(5)6)39-31-55-89-49-19-9-10-20-50-90-56-32-40-66(72(80)86-60(3)4)36-28-48-82-68(76)42-16-18-46-84-70(78)64(34-26-44-74)38-30-54-88-52-22-12-14-24-58-92-62(7)8;1-5-11-20(13-9-16-25)23(27)30-17-8-7-15-22(26)29-18-10-14-21(12-6-2)24(28)31-19(3)4;7-5-3-1-2-4-6-8;/h59-66,73-74H,9-58H2,1-8H3;5-6,19-21,25H,1-2,7-18H2,3-4H3;7-8H,1-6H2;1H4. The van der Waals surface area contributed by atoms with Gasteiger partial charge in [-0.15, -0.1) is 13.2 Å². The van der Waals surface area contributed by atoms with Crippen molar-refractivity contribution in [1.29, 1.82) is 0 Å². The van der Waals surface area contributed by atoms with Crippen LogP contribution in [0.15, 0.2) is 25.3 Å². The van der Waals surface area contributed by atoms with Crippen LogP contribution in [-0.4, -0.2) is 226 Å². The van der Waals surface area contributed by atoms with Crippen LogP contribution in [0.25, 0.3) is 0 Å². The van der Waals surface area contributed by atoms with Gasteiger partial charge in [0.25, 0.3) is 0 Å². The molecule has 6 atom stereocenters. The van der Waals surface area contributed by atoms with Gasteiger partial charge in [-0.3, -0.25) is 43.2 Å². The van der Waals surface area contributed by atoms with E-state index in [1.165, 1.54) is 101 Å². The van der Waals surface area contributed by atoms with E-state index >= 15 is 0 Å². The maximum absolute atomic E-state index is 13.0. The molecule has 0 heterocycles. The zero-order valence-electron chi connectivity index (χ0n) is 83.5. The number of carbonyl (C=O) groups is 9. The van der Waals surface area contributed by atoms with Crippen molar-refractivity contribution in [3.63, 3.8) is 0 Å². The summed E-state index contributed by atoms with van der Waals surface area (Å²) >= 11 is 20.1. The van der Waals surface area contributed by atoms with Gasteiger partial charge in [0.2, 0.25) is 0 Å². The van der Waals surface area contributed by atoms with Crippen molar-refractivity contribution in [2.45, 2.75) is 407 Å². The van der Waals surface area contributed by atoms with Crippen molar-refractivity contribution in [1.82, 2.24) is 0 Å². The largest absolute Gasteiger partial charge is 0.466 e. The molecule has 0 saturated carbocycles. The molecule has 0 aliphatic heterocycles. The summed E-state index contributed by atoms with van der Waals surface area (Å²) in [4.78, 5) is 113. The highest BCUT2D eigenvalue weighted by atomic mass is 32.2. The lowest BCUT2D eigenvalue weighted by atomic mass is 9.98. The minimum absolute atomic E-state index is 0. The molecule has 0 saturated heterocycles. The molecule has 6 unspecified atom stereocenters. The smallest absolute Gasteiger partial charge is 0.309 e. The molecule has 0 aliphatic carbocycles. The van der Waals surface area contributed by atoms with Crippen LogP contribution >= 0.6 is 95.8 Å². The Balaban J connectivity index is -0.00000168. The lowest BCUT2D eigenvalue weighted by molar-refractivity contribution is -0.154. The Kier molecular flexibility index (Phi) is 106. The van der Waals surface area contributed by atoms with Gasteiger partial charge >= 0.3 is 53.7 Å². The Morgan fingerprint density at radius 3 is 0.758 bits per heavy atom. The number of unbranched alkanes of at least 4 members (excludes halogenated alkanes) is 15. The third kappa shape index (κ3) is 95.0. The van der Waals surface area contributed by atoms with Gasteiger partial charge in [-0.1, -0.05) is 98.6 Å². The van der Waals surface area contributed by atoms with Crippen LogP contribution in [0, 0.1) is 35.5 Å². The summed E-state index contributed by atoms with van der Waals surface area (Å²) in [6.45, 7) is 29.1. The first kappa shape index (κ1) is 136. The molecule has 0 radical (unpaired) electrons. The van der Waals surface area contributed by atoms with Crippen molar-refractivity contribution in [3.05, 3.63) is 25.3 Å². The van der Waals surface area contributed by atoms with Gasteiger partial charge in [-0.25, -0.2) is 0 Å². The summed E-state index contributed by atoms with van der Waals surface area (Å²) in [7, 11) is 0. The van der Waals surface area contributed by atoms with Gasteiger partial charge in [0, 0.05) is 39.1 Å². The van der Waals surface area contributed by atoms with Crippen LogP contribution in [0.3, 0.4) is 0 Å². The summed E-state index contributed by atoms with van der Waals surface area (Å²) < 4.78 is 49.1. The first-order valence-electron chi connectivity index (χ1n) is 50.7. The van der Waals surface area contributed by atoms with Crippen molar-refractivity contribution < 1.29 is 101 Å². The van der Waals surface area contributed by atoms with Crippen LogP contribution in [0.2, 0.25) is 0 Å². The average Bonchev–Trinajstić information content (AvgIpc) is 0.935. The van der Waals surface area contributed by atoms with Gasteiger partial charge in [-0.05, 0) is 352 Å². The number of rotatable bonds is 93. The van der Waals surface area contributed by atoms with Crippen molar-refractivity contribution in [2.24, 2.45) is 35.5 Å². The van der Waals surface area contributed by atoms with E-state index in [0.717, 1.165) is 122 Å². The maximum Gasteiger partial charge on any atom is 0.309 e. The van der Waals surface area contributed by atoms with E-state index in [1.807, 2.05) is 112 Å². The molecular formula is C103H192O21S8. The predicted molar refractivity (Wildman–Crippen MR) is 568 cm³/mol. The van der Waals surface area contributed by atoms with Crippen molar-refractivity contribution in [2.75, 3.05) is 128 Å². The second-order valence-corrected chi connectivity index (χ2v) is 44.4. The Morgan fingerprint density at radius 2 is 0.485 bits per heavy atom. The summed E-state index contributed by atoms with van der Waals surface area (Å²) in [6, 6.07) is 0. The van der Waals surface area contributed by atoms with Gasteiger partial charge < -0.3 is 58.0 Å². The molecule has 0 aromatic carbocycles. The van der Waals surface area contributed by atoms with E-state index in [2.05, 4.69) is 66.1 Å². The molecule has 0 rings (SSSR count). The number of esters is 9. The normalized spacial score (nSPS) is 12.6. The third-order valence-electron chi connectivity index (χ3n) is 21.1. The quantitative estimate of drug-likeness (QED) is 0.0124. The molecule has 0 amide bonds. The first-order valence-corrected chi connectivity index (χ1v) is 58.6. The highest BCUT2D eigenvalue weighted by Gasteiger charge is 2.26. The number of thioether (sulfide) groups is 6. The molecule has 0 fully saturated rings. The van der Waals surface area contributed by atoms with Gasteiger partial charge in [0.15, 0.2) is 0 Å². The zero-order chi connectivity index (χ0) is 97.7. The number of hydrogen-bond donors (Lipinski definition) is 5. The summed E-state index contributed by atoms with van der Waals surface area (Å²) in [5.74, 6) is 9.53. The maximum atomic E-state index is 13.0. The van der Waals surface area contributed by atoms with E-state index in [0.29, 0.717) is 139 Å². The SMILES string of the molecule is C.C=CCC(CCCO)C(=O)OCCCCC(=O)OCCCC(CC=C)C(=O)OC(C)C.CC(C)OC(=O)C(CCCOC(=O)CCCCOC(=O)C(CCCO)CCCSCCCCCCSC(C)C)CCCSCCCCCCSCCCC(CCCOC(=O)CCCCOC(=O)C(CCCO)CCCSCCCCCCSC(C)C)C(=O)OC(C)C.SCCCCCCS. The molecule has 0 aromatic rings. The molecule has 29 heteroatoms. The molecular weight excluding hydrogens is 1830 g/mol. The predicted octanol–water partition coefficient (Wildman–Crippen LogP) is 25.2. The lowest BCUT2D eigenvalue weighted by Gasteiger charge is -2.18. The highest BCUT2D eigenvalue weighted by molar-refractivity contribution is 8.00. The van der Waals surface area contributed by atoms with Crippen molar-refractivity contribution in [3.8, 4) is 0 Å². The molecule has 21 nitrogen and oxygen atoms in total. The molecule has 3 N–H and O–H groups in total. The van der Waals surface area contributed by atoms with Crippen LogP contribution < -0.4 is 0 Å². The zero-order valence-corrected chi connectivity index (χ0v) is 90.2. The second-order valence-electron chi connectivity index (χ2n) is 35.2. The number of carbonyl (C=O) groups excluding carboxylic acids is 9. The van der Waals surface area contributed by atoms with Gasteiger partial charge in [0.05, 0.1) is 93.5 Å². The minimum atomic E-state index is -0.302. The number of allylic oxidation sites excluding steroid dienone is 2. The summed E-state index contributed by atoms with van der Waals surface area (Å²) in [5, 5.41) is 29.1. The molecule has 0 bridgehead atoms. The molecule has 0 aromatic heterocycles. The summed E-state index contributed by atoms with van der Waals surface area (Å²) in [5.41, 5.74) is 0. The second kappa shape index (κ2) is 103. The Bertz CT molecular complexity index is 2570. The number of aliphatic hydroxyl groups is 3. The molecule has 132 heavy (non-hydrogen) atoms. The topological polar surface area (TPSA) is 297 Å². The number of hydrogen-bond acceptors (Lipinski definition) is 29. The van der Waals surface area contributed by atoms with E-state index in [-0.39, 0.29) is 194 Å². The van der Waals surface area contributed by atoms with Crippen LogP contribution in [-0.2, 0) is 85.8 Å². The van der Waals surface area contributed by atoms with E-state index in [4.69, 9.17) is 47.7 Å². The Hall–Kier alpha value is -2.61. The minimum Gasteiger partial charge on any atom is -0.466 e. The lowest BCUT2D eigenvalue weighted by Crippen LogP contribution is -2.22. The molecule has 778 valence electrons. The van der Waals surface area contributed by atoms with Crippen LogP contribution in [0.5, 0.6) is 0 Å². The number of aliphatic hydroxyl groups excluding tert-OH is 3. The first-order chi connectivity index (χ1) is 63.3. The summed E-state index contributed by atoms with van der Waals surface area (Å²) in [6.07, 6.45) is 42.0. The number of ether oxygens (including phenoxy) is 9. The van der Waals surface area contributed by atoms with E-state index in [1.54, 1.807) is 12.2 Å². The van der Waals surface area contributed by atoms with Crippen molar-refractivity contribution >= 4 is 150 Å². The molecule has 0 aliphatic rings. The average molecular weight is 2020 g/mol. The fourth-order valence-corrected chi connectivity index (χ4v) is 19.8. The van der Waals surface area contributed by atoms with Crippen LogP contribution in [0.4, 0.5) is 0 Å². The van der Waals surface area contributed by atoms with E-state index in [9.17, 15) is 53.4 Å².